The molecule has 5 heteroatoms. The van der Waals surface area contributed by atoms with Gasteiger partial charge in [-0.1, -0.05) is 29.8 Å². The molecule has 0 radical (unpaired) electrons. The van der Waals surface area contributed by atoms with E-state index >= 15 is 0 Å². The molecular weight excluding hydrogens is 293 g/mol. The highest BCUT2D eigenvalue weighted by molar-refractivity contribution is 6.31. The van der Waals surface area contributed by atoms with E-state index in [1.807, 2.05) is 0 Å². The van der Waals surface area contributed by atoms with Crippen LogP contribution in [0.1, 0.15) is 31.8 Å². The molecule has 106 valence electrons. The molecule has 1 heterocycles. The summed E-state index contributed by atoms with van der Waals surface area (Å²) in [4.78, 5) is 24.2. The molecule has 0 saturated heterocycles. The largest absolute Gasteiger partial charge is 0.352 e. The Hall–Kier alpha value is -2.20. The topological polar surface area (TPSA) is 46.2 Å². The number of ketones is 1. The average Bonchev–Trinajstić information content (AvgIpc) is 2.49. The lowest BCUT2D eigenvalue weighted by molar-refractivity contribution is 0.0946. The number of hydrogen-bond donors (Lipinski definition) is 1. The number of nitrogens with one attached hydrogen (secondary N) is 1. The molecular formula is C16H11ClFNO2. The van der Waals surface area contributed by atoms with E-state index in [2.05, 4.69) is 5.32 Å². The summed E-state index contributed by atoms with van der Waals surface area (Å²) in [5.41, 5.74) is 1.53. The molecule has 0 spiro atoms. The van der Waals surface area contributed by atoms with E-state index in [0.29, 0.717) is 12.1 Å². The fourth-order valence-corrected chi connectivity index (χ4v) is 2.56. The summed E-state index contributed by atoms with van der Waals surface area (Å²) in [6, 6.07) is 9.14. The smallest absolute Gasteiger partial charge is 0.251 e. The minimum atomic E-state index is -0.744. The SMILES string of the molecule is O=C1NCCc2ccc(C(=O)c3cccc(Cl)c3F)cc21. The average molecular weight is 304 g/mol. The molecule has 2 aromatic carbocycles. The highest BCUT2D eigenvalue weighted by Gasteiger charge is 2.21. The first-order chi connectivity index (χ1) is 10.1. The van der Waals surface area contributed by atoms with Crippen LogP contribution in [0.4, 0.5) is 4.39 Å². The number of carbonyl (C=O) groups is 2. The second kappa shape index (κ2) is 5.30. The zero-order chi connectivity index (χ0) is 15.0. The van der Waals surface area contributed by atoms with E-state index in [4.69, 9.17) is 11.6 Å². The van der Waals surface area contributed by atoms with E-state index in [0.717, 1.165) is 12.0 Å². The second-order valence-electron chi connectivity index (χ2n) is 4.81. The van der Waals surface area contributed by atoms with Gasteiger partial charge in [-0.2, -0.15) is 0 Å². The fraction of sp³-hybridized carbons (Fsp3) is 0.125. The van der Waals surface area contributed by atoms with Gasteiger partial charge in [-0.3, -0.25) is 9.59 Å². The van der Waals surface area contributed by atoms with Crippen LogP contribution in [0.15, 0.2) is 36.4 Å². The van der Waals surface area contributed by atoms with Gasteiger partial charge in [0.1, 0.15) is 0 Å². The Morgan fingerprint density at radius 3 is 2.86 bits per heavy atom. The Bertz CT molecular complexity index is 758. The molecule has 1 aliphatic rings. The van der Waals surface area contributed by atoms with Crippen LogP contribution in [0.5, 0.6) is 0 Å². The van der Waals surface area contributed by atoms with Gasteiger partial charge >= 0.3 is 0 Å². The molecule has 0 atom stereocenters. The van der Waals surface area contributed by atoms with Crippen LogP contribution in [-0.2, 0) is 6.42 Å². The van der Waals surface area contributed by atoms with E-state index < -0.39 is 11.6 Å². The van der Waals surface area contributed by atoms with Gasteiger partial charge in [0.2, 0.25) is 0 Å². The number of hydrogen-bond acceptors (Lipinski definition) is 2. The molecule has 0 aliphatic carbocycles. The van der Waals surface area contributed by atoms with Crippen LogP contribution in [0.25, 0.3) is 0 Å². The molecule has 0 aromatic heterocycles. The third kappa shape index (κ3) is 2.43. The van der Waals surface area contributed by atoms with E-state index in [9.17, 15) is 14.0 Å². The first kappa shape index (κ1) is 13.8. The molecule has 0 saturated carbocycles. The van der Waals surface area contributed by atoms with Crippen molar-refractivity contribution in [2.45, 2.75) is 6.42 Å². The minimum Gasteiger partial charge on any atom is -0.352 e. The van der Waals surface area contributed by atoms with Gasteiger partial charge < -0.3 is 5.32 Å². The predicted octanol–water partition coefficient (Wildman–Crippen LogP) is 3.00. The van der Waals surface area contributed by atoms with Gasteiger partial charge in [0.05, 0.1) is 10.6 Å². The first-order valence-corrected chi connectivity index (χ1v) is 6.85. The Morgan fingerprint density at radius 2 is 2.05 bits per heavy atom. The lowest BCUT2D eigenvalue weighted by Gasteiger charge is -2.17. The molecule has 2 aromatic rings. The highest BCUT2D eigenvalue weighted by Crippen LogP contribution is 2.23. The zero-order valence-corrected chi connectivity index (χ0v) is 11.7. The maximum atomic E-state index is 13.9. The molecule has 3 rings (SSSR count). The van der Waals surface area contributed by atoms with Crippen molar-refractivity contribution in [3.05, 3.63) is 69.5 Å². The lowest BCUT2D eigenvalue weighted by atomic mass is 9.94. The maximum Gasteiger partial charge on any atom is 0.251 e. The van der Waals surface area contributed by atoms with Crippen molar-refractivity contribution < 1.29 is 14.0 Å². The quantitative estimate of drug-likeness (QED) is 0.867. The summed E-state index contributed by atoms with van der Waals surface area (Å²) < 4.78 is 13.9. The monoisotopic (exact) mass is 303 g/mol. The Labute approximate surface area is 125 Å². The van der Waals surface area contributed by atoms with Gasteiger partial charge in [-0.15, -0.1) is 0 Å². The van der Waals surface area contributed by atoms with Crippen LogP contribution in [-0.4, -0.2) is 18.2 Å². The summed E-state index contributed by atoms with van der Waals surface area (Å²) in [6.07, 6.45) is 0.723. The maximum absolute atomic E-state index is 13.9. The van der Waals surface area contributed by atoms with E-state index in [-0.39, 0.29) is 22.1 Å². The molecule has 21 heavy (non-hydrogen) atoms. The molecule has 0 fully saturated rings. The number of halogens is 2. The normalized spacial score (nSPS) is 13.5. The summed E-state index contributed by atoms with van der Waals surface area (Å²) in [5, 5.41) is 2.62. The van der Waals surface area contributed by atoms with Crippen molar-refractivity contribution in [1.82, 2.24) is 5.32 Å². The van der Waals surface area contributed by atoms with Gasteiger partial charge in [0.25, 0.3) is 5.91 Å². The number of carbonyl (C=O) groups excluding carboxylic acids is 2. The first-order valence-electron chi connectivity index (χ1n) is 6.48. The van der Waals surface area contributed by atoms with Crippen LogP contribution in [0.3, 0.4) is 0 Å². The van der Waals surface area contributed by atoms with Gasteiger partial charge in [0, 0.05) is 17.7 Å². The van der Waals surface area contributed by atoms with E-state index in [1.165, 1.54) is 24.3 Å². The Morgan fingerprint density at radius 1 is 1.24 bits per heavy atom. The van der Waals surface area contributed by atoms with Crippen LogP contribution in [0, 0.1) is 5.82 Å². The number of amides is 1. The summed E-state index contributed by atoms with van der Waals surface area (Å²) in [6.45, 7) is 0.585. The number of fused-ring (bicyclic) bond motifs is 1. The summed E-state index contributed by atoms with van der Waals surface area (Å²) in [5.74, 6) is -1.44. The van der Waals surface area contributed by atoms with Crippen LogP contribution in [0.2, 0.25) is 5.02 Å². The molecule has 0 bridgehead atoms. The van der Waals surface area contributed by atoms with Crippen molar-refractivity contribution in [3.63, 3.8) is 0 Å². The standard InChI is InChI=1S/C16H11ClFNO2/c17-13-3-1-2-11(14(13)18)15(20)10-5-4-9-6-7-19-16(21)12(9)8-10/h1-5,8H,6-7H2,(H,19,21). The minimum absolute atomic E-state index is 0.0985. The molecule has 3 nitrogen and oxygen atoms in total. The molecule has 1 N–H and O–H groups in total. The highest BCUT2D eigenvalue weighted by atomic mass is 35.5. The van der Waals surface area contributed by atoms with Crippen molar-refractivity contribution in [2.24, 2.45) is 0 Å². The zero-order valence-electron chi connectivity index (χ0n) is 11.0. The fourth-order valence-electron chi connectivity index (χ4n) is 2.39. The summed E-state index contributed by atoms with van der Waals surface area (Å²) >= 11 is 5.69. The van der Waals surface area contributed by atoms with Crippen molar-refractivity contribution in [2.75, 3.05) is 6.54 Å². The number of benzene rings is 2. The van der Waals surface area contributed by atoms with Crippen molar-refractivity contribution >= 4 is 23.3 Å². The Kier molecular flexibility index (Phi) is 3.47. The van der Waals surface area contributed by atoms with Gasteiger partial charge in [-0.25, -0.2) is 4.39 Å². The third-order valence-electron chi connectivity index (χ3n) is 3.49. The molecule has 1 aliphatic heterocycles. The van der Waals surface area contributed by atoms with Crippen molar-refractivity contribution in [3.8, 4) is 0 Å². The van der Waals surface area contributed by atoms with Gasteiger partial charge in [0.15, 0.2) is 11.6 Å². The number of rotatable bonds is 2. The van der Waals surface area contributed by atoms with Crippen LogP contribution < -0.4 is 5.32 Å². The molecule has 1 amide bonds. The van der Waals surface area contributed by atoms with Crippen LogP contribution >= 0.6 is 11.6 Å². The summed E-state index contributed by atoms with van der Waals surface area (Å²) in [7, 11) is 0. The third-order valence-corrected chi connectivity index (χ3v) is 3.78. The Balaban J connectivity index is 2.05. The molecule has 0 unspecified atom stereocenters. The predicted molar refractivity (Wildman–Crippen MR) is 77.3 cm³/mol. The van der Waals surface area contributed by atoms with Crippen molar-refractivity contribution in [1.29, 1.82) is 0 Å². The second-order valence-corrected chi connectivity index (χ2v) is 5.22. The van der Waals surface area contributed by atoms with E-state index in [1.54, 1.807) is 12.1 Å². The van der Waals surface area contributed by atoms with Gasteiger partial charge in [-0.05, 0) is 30.2 Å². The lowest BCUT2D eigenvalue weighted by Crippen LogP contribution is -2.32.